The molecule has 2 amide bonds. The zero-order valence-electron chi connectivity index (χ0n) is 10.2. The van der Waals surface area contributed by atoms with Crippen molar-refractivity contribution >= 4 is 23.5 Å². The van der Waals surface area contributed by atoms with E-state index in [0.29, 0.717) is 6.42 Å². The first kappa shape index (κ1) is 14.1. The lowest BCUT2D eigenvalue weighted by Crippen LogP contribution is -2.42. The van der Waals surface area contributed by atoms with Crippen LogP contribution in [0.1, 0.15) is 39.0 Å². The second-order valence-corrected chi connectivity index (χ2v) is 4.15. The van der Waals surface area contributed by atoms with Crippen LogP contribution in [0, 0.1) is 0 Å². The summed E-state index contributed by atoms with van der Waals surface area (Å²) in [4.78, 5) is 33.3. The molecule has 0 spiro atoms. The van der Waals surface area contributed by atoms with E-state index in [1.54, 1.807) is 0 Å². The van der Waals surface area contributed by atoms with Crippen LogP contribution < -0.4 is 10.7 Å². The van der Waals surface area contributed by atoms with E-state index < -0.39 is 17.9 Å². The highest BCUT2D eigenvalue weighted by molar-refractivity contribution is 6.39. The Hall–Kier alpha value is -1.92. The molecule has 7 heteroatoms. The van der Waals surface area contributed by atoms with E-state index in [1.807, 2.05) is 6.92 Å². The molecule has 100 valence electrons. The average molecular weight is 255 g/mol. The number of amides is 2. The molecule has 0 aliphatic carbocycles. The molecule has 3 N–H and O–H groups in total. The Morgan fingerprint density at radius 1 is 1.50 bits per heavy atom. The molecule has 7 nitrogen and oxygen atoms in total. The molecular formula is C11H17N3O4. The fraction of sp³-hybridized carbons (Fsp3) is 0.636. The summed E-state index contributed by atoms with van der Waals surface area (Å²) in [7, 11) is 0. The third-order valence-corrected chi connectivity index (χ3v) is 2.56. The Kier molecular flexibility index (Phi) is 5.29. The maximum Gasteiger partial charge on any atom is 0.305 e. The predicted molar refractivity (Wildman–Crippen MR) is 63.9 cm³/mol. The topological polar surface area (TPSA) is 108 Å². The van der Waals surface area contributed by atoms with Crippen LogP contribution in [0.15, 0.2) is 5.10 Å². The number of hydrogen-bond donors (Lipinski definition) is 3. The minimum absolute atomic E-state index is 0.112. The van der Waals surface area contributed by atoms with Gasteiger partial charge in [-0.3, -0.25) is 14.4 Å². The van der Waals surface area contributed by atoms with Crippen molar-refractivity contribution in [3.05, 3.63) is 0 Å². The van der Waals surface area contributed by atoms with Crippen LogP contribution in [0.3, 0.4) is 0 Å². The van der Waals surface area contributed by atoms with Gasteiger partial charge in [-0.2, -0.15) is 5.10 Å². The van der Waals surface area contributed by atoms with Crippen molar-refractivity contribution in [1.29, 1.82) is 0 Å². The number of aliphatic carboxylic acids is 1. The monoisotopic (exact) mass is 255 g/mol. The molecule has 0 radical (unpaired) electrons. The third-order valence-electron chi connectivity index (χ3n) is 2.56. The molecule has 18 heavy (non-hydrogen) atoms. The second kappa shape index (κ2) is 6.73. The Morgan fingerprint density at radius 2 is 2.22 bits per heavy atom. The lowest BCUT2D eigenvalue weighted by Gasteiger charge is -2.18. The summed E-state index contributed by atoms with van der Waals surface area (Å²) in [6.07, 6.45) is 1.77. The van der Waals surface area contributed by atoms with Gasteiger partial charge in [0.05, 0.1) is 6.42 Å². The van der Waals surface area contributed by atoms with Gasteiger partial charge in [-0.05, 0) is 6.42 Å². The predicted octanol–water partition coefficient (Wildman–Crippen LogP) is 0.0120. The van der Waals surface area contributed by atoms with Crippen LogP contribution in [0.5, 0.6) is 0 Å². The summed E-state index contributed by atoms with van der Waals surface area (Å²) in [6.45, 7) is 1.92. The van der Waals surface area contributed by atoms with Gasteiger partial charge in [0.1, 0.15) is 5.71 Å². The molecule has 1 atom stereocenters. The summed E-state index contributed by atoms with van der Waals surface area (Å²) in [5.74, 6) is -1.58. The molecule has 1 heterocycles. The Morgan fingerprint density at radius 3 is 2.72 bits per heavy atom. The average Bonchev–Trinajstić information content (AvgIpc) is 2.29. The van der Waals surface area contributed by atoms with E-state index in [1.165, 1.54) is 0 Å². The SMILES string of the molecule is CCCC(CC(=O)O)NC(=O)C1=NNC(=O)CC1. The quantitative estimate of drug-likeness (QED) is 0.621. The van der Waals surface area contributed by atoms with Crippen LogP contribution in [-0.2, 0) is 14.4 Å². The summed E-state index contributed by atoms with van der Waals surface area (Å²) in [5.41, 5.74) is 2.47. The number of hydrazone groups is 1. The zero-order chi connectivity index (χ0) is 13.5. The highest BCUT2D eigenvalue weighted by Crippen LogP contribution is 2.04. The third kappa shape index (κ3) is 4.52. The van der Waals surface area contributed by atoms with E-state index in [9.17, 15) is 14.4 Å². The van der Waals surface area contributed by atoms with Gasteiger partial charge in [-0.15, -0.1) is 0 Å². The molecule has 0 aromatic carbocycles. The Balaban J connectivity index is 2.55. The first-order chi connectivity index (χ1) is 8.52. The van der Waals surface area contributed by atoms with Gasteiger partial charge in [-0.1, -0.05) is 13.3 Å². The summed E-state index contributed by atoms with van der Waals surface area (Å²) in [5, 5.41) is 15.0. The highest BCUT2D eigenvalue weighted by Gasteiger charge is 2.21. The number of carboxylic acids is 1. The van der Waals surface area contributed by atoms with Crippen LogP contribution in [0.4, 0.5) is 0 Å². The molecule has 0 fully saturated rings. The van der Waals surface area contributed by atoms with E-state index in [4.69, 9.17) is 5.11 Å². The number of nitrogens with zero attached hydrogens (tertiary/aromatic N) is 1. The highest BCUT2D eigenvalue weighted by atomic mass is 16.4. The number of hydrogen-bond acceptors (Lipinski definition) is 4. The molecule has 0 saturated heterocycles. The Labute approximate surface area is 105 Å². The van der Waals surface area contributed by atoms with Gasteiger partial charge in [0.15, 0.2) is 0 Å². The summed E-state index contributed by atoms with van der Waals surface area (Å²) >= 11 is 0. The fourth-order valence-electron chi connectivity index (χ4n) is 1.69. The molecule has 0 aromatic rings. The van der Waals surface area contributed by atoms with Crippen molar-refractivity contribution in [1.82, 2.24) is 10.7 Å². The normalized spacial score (nSPS) is 16.5. The first-order valence-corrected chi connectivity index (χ1v) is 5.91. The van der Waals surface area contributed by atoms with Crippen molar-refractivity contribution < 1.29 is 19.5 Å². The summed E-state index contributed by atoms with van der Waals surface area (Å²) in [6, 6.07) is -0.402. The van der Waals surface area contributed by atoms with Crippen molar-refractivity contribution in [2.24, 2.45) is 5.10 Å². The maximum atomic E-state index is 11.8. The molecule has 1 unspecified atom stereocenters. The van der Waals surface area contributed by atoms with E-state index >= 15 is 0 Å². The standard InChI is InChI=1S/C11H17N3O4/c1-2-3-7(6-10(16)17)12-11(18)8-4-5-9(15)14-13-8/h7H,2-6H2,1H3,(H,12,18)(H,14,15)(H,16,17). The van der Waals surface area contributed by atoms with Gasteiger partial charge in [0.2, 0.25) is 5.91 Å². The van der Waals surface area contributed by atoms with Crippen LogP contribution >= 0.6 is 0 Å². The number of carbonyl (C=O) groups excluding carboxylic acids is 2. The molecule has 0 aromatic heterocycles. The maximum absolute atomic E-state index is 11.8. The van der Waals surface area contributed by atoms with Crippen molar-refractivity contribution in [2.75, 3.05) is 0 Å². The molecule has 0 bridgehead atoms. The lowest BCUT2D eigenvalue weighted by molar-refractivity contribution is -0.137. The minimum atomic E-state index is -0.951. The number of carbonyl (C=O) groups is 3. The molecular weight excluding hydrogens is 238 g/mol. The minimum Gasteiger partial charge on any atom is -0.481 e. The number of carboxylic acid groups (broad SMARTS) is 1. The molecule has 1 aliphatic rings. The van der Waals surface area contributed by atoms with Gasteiger partial charge in [0, 0.05) is 18.9 Å². The van der Waals surface area contributed by atoms with E-state index in [-0.39, 0.29) is 30.9 Å². The second-order valence-electron chi connectivity index (χ2n) is 4.15. The number of nitrogens with one attached hydrogen (secondary N) is 2. The van der Waals surface area contributed by atoms with Crippen LogP contribution in [-0.4, -0.2) is 34.6 Å². The fourth-order valence-corrected chi connectivity index (χ4v) is 1.69. The van der Waals surface area contributed by atoms with Crippen LogP contribution in [0.25, 0.3) is 0 Å². The molecule has 0 saturated carbocycles. The van der Waals surface area contributed by atoms with E-state index in [0.717, 1.165) is 6.42 Å². The number of rotatable bonds is 6. The van der Waals surface area contributed by atoms with E-state index in [2.05, 4.69) is 15.8 Å². The summed E-state index contributed by atoms with van der Waals surface area (Å²) < 4.78 is 0. The van der Waals surface area contributed by atoms with Gasteiger partial charge >= 0.3 is 5.97 Å². The van der Waals surface area contributed by atoms with Gasteiger partial charge < -0.3 is 10.4 Å². The van der Waals surface area contributed by atoms with Crippen molar-refractivity contribution in [2.45, 2.75) is 45.1 Å². The van der Waals surface area contributed by atoms with Crippen molar-refractivity contribution in [3.63, 3.8) is 0 Å². The van der Waals surface area contributed by atoms with Crippen LogP contribution in [0.2, 0.25) is 0 Å². The largest absolute Gasteiger partial charge is 0.481 e. The smallest absolute Gasteiger partial charge is 0.305 e. The van der Waals surface area contributed by atoms with Gasteiger partial charge in [0.25, 0.3) is 5.91 Å². The van der Waals surface area contributed by atoms with Gasteiger partial charge in [-0.25, -0.2) is 5.43 Å². The zero-order valence-corrected chi connectivity index (χ0v) is 10.2. The lowest BCUT2D eigenvalue weighted by atomic mass is 10.1. The molecule has 1 rings (SSSR count). The van der Waals surface area contributed by atoms with Crippen molar-refractivity contribution in [3.8, 4) is 0 Å². The Bertz CT molecular complexity index is 378. The molecule has 1 aliphatic heterocycles. The first-order valence-electron chi connectivity index (χ1n) is 5.91.